The SMILES string of the molecule is C[C@@H]1COC(C(C)(C)C)=N1. The second-order valence-corrected chi connectivity index (χ2v) is 3.84. The van der Waals surface area contributed by atoms with Crippen LogP contribution in [0.3, 0.4) is 0 Å². The van der Waals surface area contributed by atoms with Gasteiger partial charge in [0.2, 0.25) is 0 Å². The number of hydrogen-bond donors (Lipinski definition) is 0. The predicted octanol–water partition coefficient (Wildman–Crippen LogP) is 1.85. The number of nitrogens with zero attached hydrogens (tertiary/aromatic N) is 1. The van der Waals surface area contributed by atoms with E-state index < -0.39 is 0 Å². The van der Waals surface area contributed by atoms with Gasteiger partial charge in [-0.05, 0) is 6.92 Å². The molecular weight excluding hydrogens is 126 g/mol. The first-order valence-corrected chi connectivity index (χ1v) is 3.71. The summed E-state index contributed by atoms with van der Waals surface area (Å²) in [6.07, 6.45) is 0. The third kappa shape index (κ3) is 1.49. The number of hydrogen-bond acceptors (Lipinski definition) is 2. The molecule has 0 amide bonds. The third-order valence-electron chi connectivity index (χ3n) is 1.44. The highest BCUT2D eigenvalue weighted by atomic mass is 16.5. The average Bonchev–Trinajstić information content (AvgIpc) is 2.11. The van der Waals surface area contributed by atoms with E-state index in [9.17, 15) is 0 Å². The lowest BCUT2D eigenvalue weighted by Gasteiger charge is -2.16. The van der Waals surface area contributed by atoms with Crippen LogP contribution in [0.5, 0.6) is 0 Å². The van der Waals surface area contributed by atoms with Crippen molar-refractivity contribution in [3.63, 3.8) is 0 Å². The number of rotatable bonds is 0. The van der Waals surface area contributed by atoms with Crippen LogP contribution in [0, 0.1) is 5.41 Å². The lowest BCUT2D eigenvalue weighted by atomic mass is 9.97. The Labute approximate surface area is 62.3 Å². The highest BCUT2D eigenvalue weighted by molar-refractivity contribution is 5.82. The van der Waals surface area contributed by atoms with Gasteiger partial charge in [0.25, 0.3) is 0 Å². The standard InChI is InChI=1S/C8H15NO/c1-6-5-10-7(9-6)8(2,3)4/h6H,5H2,1-4H3/t6-/m1/s1. The molecule has 0 aromatic carbocycles. The topological polar surface area (TPSA) is 21.6 Å². The molecule has 0 aromatic heterocycles. The van der Waals surface area contributed by atoms with Gasteiger partial charge in [0.1, 0.15) is 6.61 Å². The minimum absolute atomic E-state index is 0.0881. The van der Waals surface area contributed by atoms with Crippen LogP contribution in [-0.2, 0) is 4.74 Å². The Kier molecular flexibility index (Phi) is 1.71. The largest absolute Gasteiger partial charge is 0.478 e. The summed E-state index contributed by atoms with van der Waals surface area (Å²) in [5.74, 6) is 0.903. The van der Waals surface area contributed by atoms with Crippen molar-refractivity contribution in [3.8, 4) is 0 Å². The van der Waals surface area contributed by atoms with Crippen LogP contribution in [0.1, 0.15) is 27.7 Å². The monoisotopic (exact) mass is 141 g/mol. The van der Waals surface area contributed by atoms with Crippen molar-refractivity contribution in [2.45, 2.75) is 33.7 Å². The normalized spacial score (nSPS) is 26.0. The van der Waals surface area contributed by atoms with Gasteiger partial charge < -0.3 is 4.74 Å². The Bertz CT molecular complexity index is 155. The van der Waals surface area contributed by atoms with E-state index in [0.29, 0.717) is 6.04 Å². The summed E-state index contributed by atoms with van der Waals surface area (Å²) in [7, 11) is 0. The molecule has 1 rings (SSSR count). The van der Waals surface area contributed by atoms with Crippen molar-refractivity contribution >= 4 is 5.90 Å². The van der Waals surface area contributed by atoms with Crippen LogP contribution in [0.4, 0.5) is 0 Å². The summed E-state index contributed by atoms with van der Waals surface area (Å²) in [6.45, 7) is 9.17. The fraction of sp³-hybridized carbons (Fsp3) is 0.875. The molecule has 10 heavy (non-hydrogen) atoms. The molecule has 0 saturated carbocycles. The molecule has 0 unspecified atom stereocenters. The Balaban J connectivity index is 2.67. The van der Waals surface area contributed by atoms with Crippen molar-refractivity contribution in [1.29, 1.82) is 0 Å². The molecule has 0 bridgehead atoms. The number of aliphatic imine (C=N–C) groups is 1. The molecule has 58 valence electrons. The first-order valence-electron chi connectivity index (χ1n) is 3.71. The van der Waals surface area contributed by atoms with Crippen molar-refractivity contribution < 1.29 is 4.74 Å². The minimum atomic E-state index is 0.0881. The molecule has 0 fully saturated rings. The lowest BCUT2D eigenvalue weighted by Crippen LogP contribution is -2.20. The maximum absolute atomic E-state index is 5.38. The molecule has 1 aliphatic heterocycles. The van der Waals surface area contributed by atoms with E-state index in [4.69, 9.17) is 4.74 Å². The fourth-order valence-corrected chi connectivity index (χ4v) is 0.884. The smallest absolute Gasteiger partial charge is 0.189 e. The van der Waals surface area contributed by atoms with Crippen LogP contribution < -0.4 is 0 Å². The van der Waals surface area contributed by atoms with Gasteiger partial charge >= 0.3 is 0 Å². The van der Waals surface area contributed by atoms with Crippen LogP contribution in [0.2, 0.25) is 0 Å². The Morgan fingerprint density at radius 1 is 1.50 bits per heavy atom. The van der Waals surface area contributed by atoms with E-state index in [2.05, 4.69) is 32.7 Å². The highest BCUT2D eigenvalue weighted by Gasteiger charge is 2.25. The molecule has 0 radical (unpaired) electrons. The second kappa shape index (κ2) is 2.26. The van der Waals surface area contributed by atoms with Crippen molar-refractivity contribution in [2.24, 2.45) is 10.4 Å². The van der Waals surface area contributed by atoms with Gasteiger partial charge in [-0.2, -0.15) is 0 Å². The molecule has 0 N–H and O–H groups in total. The van der Waals surface area contributed by atoms with Gasteiger partial charge in [0, 0.05) is 5.41 Å². The molecule has 1 heterocycles. The van der Waals surface area contributed by atoms with Gasteiger partial charge in [-0.15, -0.1) is 0 Å². The summed E-state index contributed by atoms with van der Waals surface area (Å²) in [4.78, 5) is 4.35. The molecule has 1 aliphatic rings. The molecule has 0 spiro atoms. The van der Waals surface area contributed by atoms with Crippen LogP contribution in [0.15, 0.2) is 4.99 Å². The maximum atomic E-state index is 5.38. The van der Waals surface area contributed by atoms with Gasteiger partial charge in [-0.25, -0.2) is 4.99 Å². The molecule has 0 aliphatic carbocycles. The van der Waals surface area contributed by atoms with Crippen LogP contribution >= 0.6 is 0 Å². The Morgan fingerprint density at radius 3 is 2.30 bits per heavy atom. The van der Waals surface area contributed by atoms with Crippen molar-refractivity contribution in [1.82, 2.24) is 0 Å². The Hall–Kier alpha value is -0.530. The fourth-order valence-electron chi connectivity index (χ4n) is 0.884. The summed E-state index contributed by atoms with van der Waals surface area (Å²) < 4.78 is 5.38. The second-order valence-electron chi connectivity index (χ2n) is 3.84. The van der Waals surface area contributed by atoms with Gasteiger partial charge in [-0.1, -0.05) is 20.8 Å². The first-order chi connectivity index (χ1) is 4.50. The third-order valence-corrected chi connectivity index (χ3v) is 1.44. The molecule has 2 heteroatoms. The first kappa shape index (κ1) is 7.58. The zero-order valence-electron chi connectivity index (χ0n) is 7.14. The van der Waals surface area contributed by atoms with E-state index in [-0.39, 0.29) is 5.41 Å². The molecule has 0 aromatic rings. The number of ether oxygens (including phenoxy) is 1. The van der Waals surface area contributed by atoms with E-state index in [1.807, 2.05) is 0 Å². The molecule has 1 atom stereocenters. The van der Waals surface area contributed by atoms with E-state index in [1.54, 1.807) is 0 Å². The summed E-state index contributed by atoms with van der Waals surface area (Å²) >= 11 is 0. The summed E-state index contributed by atoms with van der Waals surface area (Å²) in [5, 5.41) is 0. The van der Waals surface area contributed by atoms with Gasteiger partial charge in [-0.3, -0.25) is 0 Å². The quantitative estimate of drug-likeness (QED) is 0.504. The van der Waals surface area contributed by atoms with Crippen molar-refractivity contribution in [3.05, 3.63) is 0 Å². The van der Waals surface area contributed by atoms with Gasteiger partial charge in [0.15, 0.2) is 5.90 Å². The van der Waals surface area contributed by atoms with E-state index >= 15 is 0 Å². The van der Waals surface area contributed by atoms with E-state index in [1.165, 1.54) is 0 Å². The molecular formula is C8H15NO. The minimum Gasteiger partial charge on any atom is -0.478 e. The predicted molar refractivity (Wildman–Crippen MR) is 42.3 cm³/mol. The lowest BCUT2D eigenvalue weighted by molar-refractivity contribution is 0.286. The summed E-state index contributed by atoms with van der Waals surface area (Å²) in [5.41, 5.74) is 0.0881. The average molecular weight is 141 g/mol. The molecule has 2 nitrogen and oxygen atoms in total. The van der Waals surface area contributed by atoms with E-state index in [0.717, 1.165) is 12.5 Å². The Morgan fingerprint density at radius 2 is 2.10 bits per heavy atom. The van der Waals surface area contributed by atoms with Crippen molar-refractivity contribution in [2.75, 3.05) is 6.61 Å². The van der Waals surface area contributed by atoms with Gasteiger partial charge in [0.05, 0.1) is 6.04 Å². The van der Waals surface area contributed by atoms with Crippen LogP contribution in [-0.4, -0.2) is 18.5 Å². The summed E-state index contributed by atoms with van der Waals surface area (Å²) in [6, 6.07) is 0.356. The zero-order valence-corrected chi connectivity index (χ0v) is 7.14. The zero-order chi connectivity index (χ0) is 7.78. The maximum Gasteiger partial charge on any atom is 0.189 e. The van der Waals surface area contributed by atoms with Crippen LogP contribution in [0.25, 0.3) is 0 Å². The molecule has 0 saturated heterocycles. The highest BCUT2D eigenvalue weighted by Crippen LogP contribution is 2.21.